The fraction of sp³-hybridized carbons (Fsp3) is 1.00. The molecule has 21 heavy (non-hydrogen) atoms. The molecule has 0 nitrogen and oxygen atoms in total. The summed E-state index contributed by atoms with van der Waals surface area (Å²) in [6.45, 7) is 6.93. The fourth-order valence-electron chi connectivity index (χ4n) is 3.09. The van der Waals surface area contributed by atoms with E-state index in [0.717, 1.165) is 0 Å². The number of hydrogen-bond donors (Lipinski definition) is 0. The third kappa shape index (κ3) is 15.8. The first-order valence-corrected chi connectivity index (χ1v) is 10.0. The van der Waals surface area contributed by atoms with Crippen LogP contribution in [0.1, 0.15) is 117 Å². The molecule has 0 saturated carbocycles. The van der Waals surface area contributed by atoms with Crippen molar-refractivity contribution >= 4 is 33.2 Å². The van der Waals surface area contributed by atoms with Gasteiger partial charge in [-0.25, -0.2) is 0 Å². The highest BCUT2D eigenvalue weighted by atomic mass is 127. The molecule has 130 valence electrons. The Balaban J connectivity index is 0. The quantitative estimate of drug-likeness (QED) is 0.140. The molecule has 2 heteroatoms. The van der Waals surface area contributed by atoms with Gasteiger partial charge in [-0.3, -0.25) is 0 Å². The van der Waals surface area contributed by atoms with Crippen LogP contribution in [0.2, 0.25) is 0 Å². The Labute approximate surface area is 155 Å². The normalized spacial score (nSPS) is 11.4. The van der Waals surface area contributed by atoms with E-state index in [1.165, 1.54) is 96.3 Å². The number of hydrogen-bond acceptors (Lipinski definition) is 0. The van der Waals surface area contributed by atoms with E-state index in [4.69, 9.17) is 0 Å². The number of halogens is 1. The average Bonchev–Trinajstić information content (AvgIpc) is 2.45. The van der Waals surface area contributed by atoms with Crippen LogP contribution in [0.3, 0.4) is 0 Å². The standard InChI is InChI=1S/C19H41P.HI/c1-4-7-10-13-16-19(20,17-14-11-8-5-2)18-15-12-9-6-3;/h4-18,20H2,1-3H3;1H. The van der Waals surface area contributed by atoms with E-state index >= 15 is 0 Å². The molecule has 0 aliphatic rings. The summed E-state index contributed by atoms with van der Waals surface area (Å²) in [4.78, 5) is 0. The minimum Gasteiger partial charge on any atom is -0.131 e. The first-order valence-electron chi connectivity index (χ1n) is 9.47. The smallest absolute Gasteiger partial charge is 0.0150 e. The second-order valence-corrected chi connectivity index (χ2v) is 8.02. The van der Waals surface area contributed by atoms with Gasteiger partial charge in [0, 0.05) is 0 Å². The van der Waals surface area contributed by atoms with Crippen LogP contribution in [-0.2, 0) is 0 Å². The van der Waals surface area contributed by atoms with Crippen LogP contribution in [0, 0.1) is 0 Å². The summed E-state index contributed by atoms with van der Waals surface area (Å²) in [7, 11) is 3.27. The highest BCUT2D eigenvalue weighted by Crippen LogP contribution is 2.37. The molecule has 0 aromatic heterocycles. The van der Waals surface area contributed by atoms with Gasteiger partial charge in [0.05, 0.1) is 0 Å². The molecule has 0 aromatic rings. The Bertz CT molecular complexity index is 163. The molecular formula is C19H42IP. The van der Waals surface area contributed by atoms with Crippen molar-refractivity contribution in [1.29, 1.82) is 0 Å². The predicted molar refractivity (Wildman–Crippen MR) is 114 cm³/mol. The lowest BCUT2D eigenvalue weighted by Gasteiger charge is -2.30. The van der Waals surface area contributed by atoms with Gasteiger partial charge < -0.3 is 0 Å². The van der Waals surface area contributed by atoms with Gasteiger partial charge in [0.2, 0.25) is 0 Å². The Morgan fingerprint density at radius 3 is 1.05 bits per heavy atom. The zero-order valence-electron chi connectivity index (χ0n) is 15.1. The van der Waals surface area contributed by atoms with Crippen LogP contribution in [0.4, 0.5) is 0 Å². The molecule has 0 aliphatic carbocycles. The molecule has 0 radical (unpaired) electrons. The van der Waals surface area contributed by atoms with Crippen LogP contribution in [0.5, 0.6) is 0 Å². The highest BCUT2D eigenvalue weighted by molar-refractivity contribution is 14.0. The Morgan fingerprint density at radius 2 is 0.810 bits per heavy atom. The molecule has 0 spiro atoms. The van der Waals surface area contributed by atoms with Crippen molar-refractivity contribution in [2.45, 2.75) is 122 Å². The maximum atomic E-state index is 3.27. The minimum absolute atomic E-state index is 0. The van der Waals surface area contributed by atoms with E-state index < -0.39 is 0 Å². The Kier molecular flexibility index (Phi) is 20.4. The summed E-state index contributed by atoms with van der Waals surface area (Å²) in [5.41, 5.74) is 0. The second kappa shape index (κ2) is 17.5. The first-order chi connectivity index (χ1) is 9.68. The summed E-state index contributed by atoms with van der Waals surface area (Å²) in [6.07, 6.45) is 21.3. The van der Waals surface area contributed by atoms with Crippen molar-refractivity contribution in [2.24, 2.45) is 0 Å². The van der Waals surface area contributed by atoms with E-state index in [9.17, 15) is 0 Å². The lowest BCUT2D eigenvalue weighted by molar-refractivity contribution is 0.406. The number of unbranched alkanes of at least 4 members (excludes halogenated alkanes) is 9. The van der Waals surface area contributed by atoms with E-state index in [-0.39, 0.29) is 24.0 Å². The van der Waals surface area contributed by atoms with Crippen LogP contribution in [-0.4, -0.2) is 5.16 Å². The molecule has 0 rings (SSSR count). The van der Waals surface area contributed by atoms with Crippen molar-refractivity contribution in [1.82, 2.24) is 0 Å². The third-order valence-electron chi connectivity index (χ3n) is 4.58. The molecule has 0 amide bonds. The van der Waals surface area contributed by atoms with Crippen molar-refractivity contribution in [3.8, 4) is 0 Å². The second-order valence-electron chi connectivity index (χ2n) is 6.79. The van der Waals surface area contributed by atoms with Crippen LogP contribution < -0.4 is 0 Å². The summed E-state index contributed by atoms with van der Waals surface area (Å²) < 4.78 is 0. The van der Waals surface area contributed by atoms with Gasteiger partial charge >= 0.3 is 0 Å². The maximum absolute atomic E-state index is 3.27. The van der Waals surface area contributed by atoms with Crippen molar-refractivity contribution in [2.75, 3.05) is 0 Å². The molecule has 1 atom stereocenters. The number of rotatable bonds is 15. The minimum atomic E-state index is 0. The zero-order valence-corrected chi connectivity index (χ0v) is 18.6. The van der Waals surface area contributed by atoms with Crippen LogP contribution in [0.25, 0.3) is 0 Å². The van der Waals surface area contributed by atoms with Gasteiger partial charge in [-0.15, -0.1) is 33.2 Å². The molecule has 1 unspecified atom stereocenters. The summed E-state index contributed by atoms with van der Waals surface area (Å²) >= 11 is 0. The van der Waals surface area contributed by atoms with Gasteiger partial charge in [0.25, 0.3) is 0 Å². The molecular weight excluding hydrogens is 386 g/mol. The van der Waals surface area contributed by atoms with E-state index in [2.05, 4.69) is 30.0 Å². The highest BCUT2D eigenvalue weighted by Gasteiger charge is 2.22. The Hall–Kier alpha value is 1.16. The van der Waals surface area contributed by atoms with E-state index in [0.29, 0.717) is 5.16 Å². The fourth-order valence-corrected chi connectivity index (χ4v) is 3.70. The maximum Gasteiger partial charge on any atom is -0.0150 e. The summed E-state index contributed by atoms with van der Waals surface area (Å²) in [5.74, 6) is 0. The third-order valence-corrected chi connectivity index (χ3v) is 5.45. The van der Waals surface area contributed by atoms with Gasteiger partial charge in [0.1, 0.15) is 0 Å². The summed E-state index contributed by atoms with van der Waals surface area (Å²) in [6, 6.07) is 0. The van der Waals surface area contributed by atoms with Crippen molar-refractivity contribution in [3.63, 3.8) is 0 Å². The van der Waals surface area contributed by atoms with Crippen molar-refractivity contribution in [3.05, 3.63) is 0 Å². The molecule has 0 N–H and O–H groups in total. The van der Waals surface area contributed by atoms with Gasteiger partial charge in [-0.1, -0.05) is 97.8 Å². The van der Waals surface area contributed by atoms with Crippen molar-refractivity contribution < 1.29 is 0 Å². The molecule has 0 bridgehead atoms. The lowest BCUT2D eigenvalue weighted by atomic mass is 9.88. The van der Waals surface area contributed by atoms with Gasteiger partial charge in [-0.05, 0) is 24.4 Å². The molecule has 0 fully saturated rings. The molecule has 0 heterocycles. The van der Waals surface area contributed by atoms with Crippen LogP contribution >= 0.6 is 33.2 Å². The molecule has 0 saturated heterocycles. The SMILES string of the molecule is CCCCCCC(P)(CCCCCC)CCCCCC.I. The molecule has 0 aliphatic heterocycles. The summed E-state index contributed by atoms with van der Waals surface area (Å²) in [5, 5.41) is 0.565. The largest absolute Gasteiger partial charge is 0.131 e. The first kappa shape index (κ1) is 24.4. The average molecular weight is 428 g/mol. The monoisotopic (exact) mass is 428 g/mol. The topological polar surface area (TPSA) is 0 Å². The van der Waals surface area contributed by atoms with Gasteiger partial charge in [-0.2, -0.15) is 0 Å². The lowest BCUT2D eigenvalue weighted by Crippen LogP contribution is -2.20. The van der Waals surface area contributed by atoms with Crippen LogP contribution in [0.15, 0.2) is 0 Å². The van der Waals surface area contributed by atoms with Gasteiger partial charge in [0.15, 0.2) is 0 Å². The Morgan fingerprint density at radius 1 is 0.524 bits per heavy atom. The zero-order chi connectivity index (χ0) is 15.1. The predicted octanol–water partition coefficient (Wildman–Crippen LogP) is 8.13. The van der Waals surface area contributed by atoms with E-state index in [1.807, 2.05) is 0 Å². The molecule has 0 aromatic carbocycles. The van der Waals surface area contributed by atoms with E-state index in [1.54, 1.807) is 0 Å².